The first-order valence-corrected chi connectivity index (χ1v) is 12.3. The van der Waals surface area contributed by atoms with Crippen molar-refractivity contribution in [3.63, 3.8) is 0 Å². The molecule has 5 rings (SSSR count). The Morgan fingerprint density at radius 2 is 1.70 bits per heavy atom. The van der Waals surface area contributed by atoms with Crippen LogP contribution < -0.4 is 19.1 Å². The van der Waals surface area contributed by atoms with Crippen LogP contribution in [0.25, 0.3) is 0 Å². The molecular weight excluding hydrogens is 440 g/mol. The molecule has 3 aromatic carbocycles. The van der Waals surface area contributed by atoms with Crippen LogP contribution in [0.5, 0.6) is 11.5 Å². The molecular formula is C25H24N2O5S. The zero-order chi connectivity index (χ0) is 22.8. The number of carbonyl (C=O) groups excluding carboxylic acids is 1. The molecule has 33 heavy (non-hydrogen) atoms. The number of anilines is 1. The monoisotopic (exact) mass is 464 g/mol. The Balaban J connectivity index is 1.25. The van der Waals surface area contributed by atoms with Crippen LogP contribution in [0, 0.1) is 0 Å². The van der Waals surface area contributed by atoms with Crippen molar-refractivity contribution >= 4 is 21.6 Å². The van der Waals surface area contributed by atoms with E-state index in [4.69, 9.17) is 9.47 Å². The normalized spacial score (nSPS) is 17.2. The van der Waals surface area contributed by atoms with Gasteiger partial charge < -0.3 is 14.8 Å². The number of rotatable bonds is 5. The lowest BCUT2D eigenvalue weighted by Gasteiger charge is -2.30. The second-order valence-corrected chi connectivity index (χ2v) is 9.90. The molecule has 1 amide bonds. The van der Waals surface area contributed by atoms with Crippen molar-refractivity contribution < 1.29 is 22.7 Å². The van der Waals surface area contributed by atoms with Gasteiger partial charge in [-0.1, -0.05) is 30.3 Å². The SMILES string of the molecule is O=C(NC[C@H]1COc2ccccc2O1)c1ccc(S(=O)(=O)N2CCCc3ccccc32)cc1. The van der Waals surface area contributed by atoms with Crippen LogP contribution in [0.15, 0.2) is 77.7 Å². The van der Waals surface area contributed by atoms with E-state index in [0.29, 0.717) is 30.2 Å². The van der Waals surface area contributed by atoms with E-state index in [9.17, 15) is 13.2 Å². The molecule has 2 heterocycles. The highest BCUT2D eigenvalue weighted by Gasteiger charge is 2.29. The molecule has 0 fully saturated rings. The molecule has 1 N–H and O–H groups in total. The van der Waals surface area contributed by atoms with Crippen LogP contribution in [0.4, 0.5) is 5.69 Å². The van der Waals surface area contributed by atoms with Crippen LogP contribution in [-0.4, -0.2) is 40.1 Å². The Labute approximate surface area is 193 Å². The minimum Gasteiger partial charge on any atom is -0.486 e. The summed E-state index contributed by atoms with van der Waals surface area (Å²) in [5.74, 6) is 1.04. The molecule has 3 aromatic rings. The van der Waals surface area contributed by atoms with Crippen molar-refractivity contribution in [3.05, 3.63) is 83.9 Å². The van der Waals surface area contributed by atoms with Gasteiger partial charge in [-0.2, -0.15) is 0 Å². The number of aryl methyl sites for hydroxylation is 1. The largest absolute Gasteiger partial charge is 0.486 e. The van der Waals surface area contributed by atoms with Crippen LogP contribution in [0.3, 0.4) is 0 Å². The molecule has 0 radical (unpaired) electrons. The Morgan fingerprint density at radius 3 is 2.52 bits per heavy atom. The van der Waals surface area contributed by atoms with Crippen LogP contribution in [-0.2, 0) is 16.4 Å². The maximum Gasteiger partial charge on any atom is 0.264 e. The number of nitrogens with zero attached hydrogens (tertiary/aromatic N) is 1. The molecule has 0 saturated heterocycles. The van der Waals surface area contributed by atoms with E-state index < -0.39 is 10.0 Å². The number of nitrogens with one attached hydrogen (secondary N) is 1. The number of benzene rings is 3. The van der Waals surface area contributed by atoms with Crippen molar-refractivity contribution in [2.75, 3.05) is 24.0 Å². The van der Waals surface area contributed by atoms with Gasteiger partial charge in [0.15, 0.2) is 11.5 Å². The Hall–Kier alpha value is -3.52. The van der Waals surface area contributed by atoms with E-state index >= 15 is 0 Å². The minimum absolute atomic E-state index is 0.163. The molecule has 0 aliphatic carbocycles. The number of amides is 1. The van der Waals surface area contributed by atoms with Crippen LogP contribution in [0.2, 0.25) is 0 Å². The fourth-order valence-corrected chi connectivity index (χ4v) is 5.67. The van der Waals surface area contributed by atoms with Crippen molar-refractivity contribution in [1.82, 2.24) is 5.32 Å². The molecule has 1 atom stereocenters. The number of sulfonamides is 1. The zero-order valence-electron chi connectivity index (χ0n) is 17.9. The summed E-state index contributed by atoms with van der Waals surface area (Å²) in [5, 5.41) is 2.83. The standard InChI is InChI=1S/C25H24N2O5S/c28-25(26-16-20-17-31-23-9-3-4-10-24(23)32-20)19-11-13-21(14-12-19)33(29,30)27-15-5-7-18-6-1-2-8-22(18)27/h1-4,6,8-14,20H,5,7,15-17H2,(H,26,28)/t20-/m0/s1. The van der Waals surface area contributed by atoms with Gasteiger partial charge in [0, 0.05) is 12.1 Å². The number of hydrogen-bond donors (Lipinski definition) is 1. The summed E-state index contributed by atoms with van der Waals surface area (Å²) in [6, 6.07) is 21.0. The van der Waals surface area contributed by atoms with Gasteiger partial charge >= 0.3 is 0 Å². The summed E-state index contributed by atoms with van der Waals surface area (Å²) in [6.07, 6.45) is 1.33. The Bertz CT molecular complexity index is 1270. The highest BCUT2D eigenvalue weighted by Crippen LogP contribution is 2.32. The number of fused-ring (bicyclic) bond motifs is 2. The van der Waals surface area contributed by atoms with E-state index in [2.05, 4.69) is 5.32 Å². The van der Waals surface area contributed by atoms with Gasteiger partial charge in [0.2, 0.25) is 0 Å². The van der Waals surface area contributed by atoms with Gasteiger partial charge in [0.1, 0.15) is 12.7 Å². The van der Waals surface area contributed by atoms with E-state index in [0.717, 1.165) is 24.1 Å². The van der Waals surface area contributed by atoms with Gasteiger partial charge in [-0.3, -0.25) is 9.10 Å². The first-order valence-electron chi connectivity index (χ1n) is 10.9. The van der Waals surface area contributed by atoms with Crippen molar-refractivity contribution in [3.8, 4) is 11.5 Å². The fourth-order valence-electron chi connectivity index (χ4n) is 4.13. The summed E-state index contributed by atoms with van der Waals surface area (Å²) < 4.78 is 39.5. The first kappa shape index (κ1) is 21.3. The van der Waals surface area contributed by atoms with Crippen LogP contribution in [0.1, 0.15) is 22.3 Å². The number of hydrogen-bond acceptors (Lipinski definition) is 5. The molecule has 0 spiro atoms. The third kappa shape index (κ3) is 4.26. The van der Waals surface area contributed by atoms with Crippen molar-refractivity contribution in [2.24, 2.45) is 0 Å². The van der Waals surface area contributed by atoms with E-state index in [1.807, 2.05) is 48.5 Å². The molecule has 0 bridgehead atoms. The minimum atomic E-state index is -3.71. The quantitative estimate of drug-likeness (QED) is 0.626. The average Bonchev–Trinajstić information content (AvgIpc) is 2.87. The molecule has 170 valence electrons. The maximum atomic E-state index is 13.3. The highest BCUT2D eigenvalue weighted by atomic mass is 32.2. The zero-order valence-corrected chi connectivity index (χ0v) is 18.8. The van der Waals surface area contributed by atoms with Gasteiger partial charge in [-0.15, -0.1) is 0 Å². The molecule has 2 aliphatic heterocycles. The molecule has 0 unspecified atom stereocenters. The van der Waals surface area contributed by atoms with Gasteiger partial charge in [-0.05, 0) is 60.9 Å². The second-order valence-electron chi connectivity index (χ2n) is 8.04. The number of carbonyl (C=O) groups is 1. The smallest absolute Gasteiger partial charge is 0.264 e. The highest BCUT2D eigenvalue weighted by molar-refractivity contribution is 7.92. The summed E-state index contributed by atoms with van der Waals surface area (Å²) >= 11 is 0. The molecule has 7 nitrogen and oxygen atoms in total. The summed E-state index contributed by atoms with van der Waals surface area (Å²) in [6.45, 7) is 1.05. The fraction of sp³-hybridized carbons (Fsp3) is 0.240. The van der Waals surface area contributed by atoms with Crippen molar-refractivity contribution in [2.45, 2.75) is 23.8 Å². The predicted octanol–water partition coefficient (Wildman–Crippen LogP) is 3.40. The molecule has 0 aromatic heterocycles. The second kappa shape index (κ2) is 8.78. The first-order chi connectivity index (χ1) is 16.0. The Morgan fingerprint density at radius 1 is 0.970 bits per heavy atom. The maximum absolute atomic E-state index is 13.3. The lowest BCUT2D eigenvalue weighted by molar-refractivity contribution is 0.0789. The topological polar surface area (TPSA) is 84.9 Å². The summed E-state index contributed by atoms with van der Waals surface area (Å²) in [5.41, 5.74) is 2.13. The van der Waals surface area contributed by atoms with Crippen molar-refractivity contribution in [1.29, 1.82) is 0 Å². The van der Waals surface area contributed by atoms with E-state index in [1.165, 1.54) is 28.6 Å². The van der Waals surface area contributed by atoms with Gasteiger partial charge in [0.05, 0.1) is 17.1 Å². The van der Waals surface area contributed by atoms with Crippen LogP contribution >= 0.6 is 0 Å². The third-order valence-corrected chi connectivity index (χ3v) is 7.66. The van der Waals surface area contributed by atoms with Gasteiger partial charge in [-0.25, -0.2) is 8.42 Å². The lowest BCUT2D eigenvalue weighted by atomic mass is 10.0. The molecule has 2 aliphatic rings. The van der Waals surface area contributed by atoms with E-state index in [1.54, 1.807) is 0 Å². The van der Waals surface area contributed by atoms with Gasteiger partial charge in [0.25, 0.3) is 15.9 Å². The number of ether oxygens (including phenoxy) is 2. The Kier molecular flexibility index (Phi) is 5.68. The predicted molar refractivity (Wildman–Crippen MR) is 124 cm³/mol. The van der Waals surface area contributed by atoms with E-state index in [-0.39, 0.29) is 23.5 Å². The lowest BCUT2D eigenvalue weighted by Crippen LogP contribution is -2.40. The molecule has 8 heteroatoms. The summed E-state index contributed by atoms with van der Waals surface area (Å²) in [4.78, 5) is 12.8. The summed E-state index contributed by atoms with van der Waals surface area (Å²) in [7, 11) is -3.71. The number of para-hydroxylation sites is 3. The molecule has 0 saturated carbocycles. The third-order valence-electron chi connectivity index (χ3n) is 5.83. The average molecular weight is 465 g/mol.